The molecule has 3 N–H and O–H groups in total. The Bertz CT molecular complexity index is 316. The molecule has 0 bridgehead atoms. The van der Waals surface area contributed by atoms with E-state index in [1.54, 1.807) is 6.07 Å². The molecule has 0 aliphatic heterocycles. The number of aliphatic hydroxyl groups excluding tert-OH is 1. The van der Waals surface area contributed by atoms with Crippen molar-refractivity contribution in [1.29, 1.82) is 0 Å². The van der Waals surface area contributed by atoms with Crippen LogP contribution in [0.3, 0.4) is 0 Å². The van der Waals surface area contributed by atoms with E-state index in [9.17, 15) is 5.11 Å². The van der Waals surface area contributed by atoms with E-state index in [2.05, 4.69) is 0 Å². The normalized spacial score (nSPS) is 25.2. The molecule has 2 unspecified atom stereocenters. The zero-order chi connectivity index (χ0) is 8.72. The van der Waals surface area contributed by atoms with E-state index >= 15 is 0 Å². The molecule has 4 heteroatoms. The van der Waals surface area contributed by atoms with Crippen molar-refractivity contribution in [2.75, 3.05) is 0 Å². The van der Waals surface area contributed by atoms with Gasteiger partial charge in [0.1, 0.15) is 0 Å². The number of benzene rings is 1. The average molecular weight is 220 g/mol. The molecule has 2 nitrogen and oxygen atoms in total. The maximum Gasteiger partial charge on any atom is 0.0946 e. The molecule has 0 saturated heterocycles. The lowest BCUT2D eigenvalue weighted by Gasteiger charge is -2.07. The van der Waals surface area contributed by atoms with Gasteiger partial charge in [-0.2, -0.15) is 0 Å². The van der Waals surface area contributed by atoms with Gasteiger partial charge in [-0.05, 0) is 29.7 Å². The summed E-state index contributed by atoms with van der Waals surface area (Å²) in [7, 11) is 0. The second-order valence-corrected chi connectivity index (χ2v) is 3.59. The molecule has 0 aromatic heterocycles. The maximum atomic E-state index is 9.57. The largest absolute Gasteiger partial charge is 0.387 e. The fourth-order valence-corrected chi connectivity index (χ4v) is 1.83. The lowest BCUT2D eigenvalue weighted by atomic mass is 10.1. The van der Waals surface area contributed by atoms with E-state index in [0.717, 1.165) is 17.5 Å². The molecule has 0 saturated carbocycles. The molecule has 1 aromatic rings. The Morgan fingerprint density at radius 1 is 1.46 bits per heavy atom. The zero-order valence-electron chi connectivity index (χ0n) is 6.90. The molecule has 72 valence electrons. The Hall–Kier alpha value is -0.280. The molecule has 2 rings (SSSR count). The van der Waals surface area contributed by atoms with Crippen LogP contribution in [0.5, 0.6) is 0 Å². The second kappa shape index (κ2) is 3.84. The summed E-state index contributed by atoms with van der Waals surface area (Å²) in [5, 5.41) is 10.3. The molecule has 0 fully saturated rings. The lowest BCUT2D eigenvalue weighted by Crippen LogP contribution is -2.24. The number of nitrogens with two attached hydrogens (primary N) is 1. The summed E-state index contributed by atoms with van der Waals surface area (Å²) in [6.45, 7) is 0. The van der Waals surface area contributed by atoms with Crippen LogP contribution in [0.2, 0.25) is 5.02 Å². The highest BCUT2D eigenvalue weighted by Gasteiger charge is 2.27. The van der Waals surface area contributed by atoms with Crippen LogP contribution in [-0.4, -0.2) is 11.1 Å². The van der Waals surface area contributed by atoms with E-state index < -0.39 is 6.10 Å². The van der Waals surface area contributed by atoms with Crippen LogP contribution < -0.4 is 5.73 Å². The number of hydrogen-bond acceptors (Lipinski definition) is 2. The third-order valence-electron chi connectivity index (χ3n) is 2.28. The smallest absolute Gasteiger partial charge is 0.0946 e. The van der Waals surface area contributed by atoms with Gasteiger partial charge in [0, 0.05) is 11.1 Å². The molecular formula is C9H11Cl2NO. The average Bonchev–Trinajstić information content (AvgIpc) is 2.28. The van der Waals surface area contributed by atoms with E-state index in [1.807, 2.05) is 12.1 Å². The molecule has 1 aromatic carbocycles. The standard InChI is InChI=1S/C9H10ClNO.ClH/c10-6-1-2-7-5(3-6)4-8(11)9(7)12;/h1-3,8-9,12H,4,11H2;1H. The van der Waals surface area contributed by atoms with Gasteiger partial charge in [0.25, 0.3) is 0 Å². The maximum absolute atomic E-state index is 9.57. The van der Waals surface area contributed by atoms with Crippen LogP contribution in [0, 0.1) is 0 Å². The monoisotopic (exact) mass is 219 g/mol. The first-order valence-electron chi connectivity index (χ1n) is 3.90. The van der Waals surface area contributed by atoms with Crippen molar-refractivity contribution in [1.82, 2.24) is 0 Å². The van der Waals surface area contributed by atoms with E-state index in [1.165, 1.54) is 0 Å². The highest BCUT2D eigenvalue weighted by Crippen LogP contribution is 2.31. The van der Waals surface area contributed by atoms with Gasteiger partial charge < -0.3 is 10.8 Å². The first-order valence-corrected chi connectivity index (χ1v) is 4.28. The van der Waals surface area contributed by atoms with Gasteiger partial charge in [0.05, 0.1) is 6.10 Å². The van der Waals surface area contributed by atoms with Gasteiger partial charge in [0.15, 0.2) is 0 Å². The van der Waals surface area contributed by atoms with Gasteiger partial charge in [-0.25, -0.2) is 0 Å². The molecule has 0 spiro atoms. The minimum absolute atomic E-state index is 0. The quantitative estimate of drug-likeness (QED) is 0.698. The first-order chi connectivity index (χ1) is 5.68. The van der Waals surface area contributed by atoms with Crippen molar-refractivity contribution < 1.29 is 5.11 Å². The van der Waals surface area contributed by atoms with E-state index in [-0.39, 0.29) is 18.4 Å². The number of hydrogen-bond donors (Lipinski definition) is 2. The minimum atomic E-state index is -0.516. The van der Waals surface area contributed by atoms with Crippen molar-refractivity contribution >= 4 is 24.0 Å². The fraction of sp³-hybridized carbons (Fsp3) is 0.333. The molecule has 1 aliphatic carbocycles. The van der Waals surface area contributed by atoms with Gasteiger partial charge >= 0.3 is 0 Å². The molecular weight excluding hydrogens is 209 g/mol. The summed E-state index contributed by atoms with van der Waals surface area (Å²) in [5.74, 6) is 0. The van der Waals surface area contributed by atoms with Gasteiger partial charge in [-0.15, -0.1) is 12.4 Å². The summed E-state index contributed by atoms with van der Waals surface area (Å²) in [6.07, 6.45) is 0.203. The highest BCUT2D eigenvalue weighted by molar-refractivity contribution is 6.30. The van der Waals surface area contributed by atoms with Crippen LogP contribution in [0.25, 0.3) is 0 Å². The molecule has 0 amide bonds. The Morgan fingerprint density at radius 2 is 2.15 bits per heavy atom. The summed E-state index contributed by atoms with van der Waals surface area (Å²) in [6, 6.07) is 5.32. The Balaban J connectivity index is 0.000000845. The summed E-state index contributed by atoms with van der Waals surface area (Å²) >= 11 is 5.80. The number of aliphatic hydroxyl groups is 1. The van der Waals surface area contributed by atoms with Crippen molar-refractivity contribution in [2.24, 2.45) is 5.73 Å². The number of fused-ring (bicyclic) bond motifs is 1. The fourth-order valence-electron chi connectivity index (χ4n) is 1.64. The highest BCUT2D eigenvalue weighted by atomic mass is 35.5. The molecule has 2 atom stereocenters. The van der Waals surface area contributed by atoms with Crippen LogP contribution in [0.4, 0.5) is 0 Å². The van der Waals surface area contributed by atoms with Gasteiger partial charge in [-0.1, -0.05) is 17.7 Å². The topological polar surface area (TPSA) is 46.2 Å². The lowest BCUT2D eigenvalue weighted by molar-refractivity contribution is 0.159. The van der Waals surface area contributed by atoms with E-state index in [4.69, 9.17) is 17.3 Å². The SMILES string of the molecule is Cl.NC1Cc2cc(Cl)ccc2C1O. The van der Waals surface area contributed by atoms with Crippen LogP contribution >= 0.6 is 24.0 Å². The third-order valence-corrected chi connectivity index (χ3v) is 2.52. The Labute approximate surface area is 88.1 Å². The van der Waals surface area contributed by atoms with Gasteiger partial charge in [0.2, 0.25) is 0 Å². The molecule has 0 radical (unpaired) electrons. The van der Waals surface area contributed by atoms with Crippen LogP contribution in [-0.2, 0) is 6.42 Å². The number of halogens is 2. The van der Waals surface area contributed by atoms with Crippen LogP contribution in [0.1, 0.15) is 17.2 Å². The molecule has 1 aliphatic rings. The van der Waals surface area contributed by atoms with E-state index in [0.29, 0.717) is 5.02 Å². The van der Waals surface area contributed by atoms with Crippen molar-refractivity contribution in [2.45, 2.75) is 18.6 Å². The summed E-state index contributed by atoms with van der Waals surface area (Å²) in [5.41, 5.74) is 7.68. The second-order valence-electron chi connectivity index (χ2n) is 3.16. The summed E-state index contributed by atoms with van der Waals surface area (Å²) < 4.78 is 0. The Morgan fingerprint density at radius 3 is 2.85 bits per heavy atom. The Kier molecular flexibility index (Phi) is 3.19. The third kappa shape index (κ3) is 1.81. The number of rotatable bonds is 0. The predicted octanol–water partition coefficient (Wildman–Crippen LogP) is 1.68. The molecule has 13 heavy (non-hydrogen) atoms. The minimum Gasteiger partial charge on any atom is -0.387 e. The van der Waals surface area contributed by atoms with Crippen molar-refractivity contribution in [3.05, 3.63) is 34.3 Å². The predicted molar refractivity (Wildman–Crippen MR) is 55.3 cm³/mol. The first kappa shape index (κ1) is 10.8. The summed E-state index contributed by atoms with van der Waals surface area (Å²) in [4.78, 5) is 0. The van der Waals surface area contributed by atoms with Crippen molar-refractivity contribution in [3.63, 3.8) is 0 Å². The van der Waals surface area contributed by atoms with Crippen LogP contribution in [0.15, 0.2) is 18.2 Å². The van der Waals surface area contributed by atoms with Crippen molar-refractivity contribution in [3.8, 4) is 0 Å². The zero-order valence-corrected chi connectivity index (χ0v) is 8.48. The van der Waals surface area contributed by atoms with Gasteiger partial charge in [-0.3, -0.25) is 0 Å². The molecule has 0 heterocycles.